The van der Waals surface area contributed by atoms with Crippen LogP contribution in [0.4, 0.5) is 0 Å². The molecule has 0 bridgehead atoms. The fraction of sp³-hybridized carbons (Fsp3) is 1.00. The Bertz CT molecular complexity index is 472. The molecule has 0 aromatic rings. The van der Waals surface area contributed by atoms with Crippen molar-refractivity contribution in [3.05, 3.63) is 0 Å². The monoisotopic (exact) mass is 416 g/mol. The van der Waals surface area contributed by atoms with Gasteiger partial charge in [-0.2, -0.15) is 0 Å². The number of hydrogen-bond acceptors (Lipinski definition) is 14. The van der Waals surface area contributed by atoms with Gasteiger partial charge in [-0.05, 0) is 0 Å². The van der Waals surface area contributed by atoms with Crippen LogP contribution in [-0.4, -0.2) is 135 Å². The van der Waals surface area contributed by atoms with E-state index >= 15 is 0 Å². The van der Waals surface area contributed by atoms with Crippen molar-refractivity contribution in [3.8, 4) is 0 Å². The Hall–Kier alpha value is -0.560. The molecule has 2 aliphatic heterocycles. The van der Waals surface area contributed by atoms with Crippen LogP contribution in [-0.2, 0) is 18.9 Å². The number of hydrazine groups is 1. The summed E-state index contributed by atoms with van der Waals surface area (Å²) in [4.78, 5) is 0. The molecule has 0 aromatic carbocycles. The SMILES string of the molecule is CN(O)NCO[C@H]1O[C@H](CO)[C@@H](O)[C@H](O[C@@H]2O[C@H](CO)[C@@H](O)[C@H](O)[C@H]2O)[C@H]1O. The third-order valence-electron chi connectivity index (χ3n) is 4.50. The van der Waals surface area contributed by atoms with Crippen molar-refractivity contribution < 1.29 is 59.9 Å². The molecule has 0 unspecified atom stereocenters. The fourth-order valence-corrected chi connectivity index (χ4v) is 2.90. The van der Waals surface area contributed by atoms with E-state index in [-0.39, 0.29) is 6.73 Å². The standard InChI is InChI=1S/C14H28N2O12/c1-16(24)15-4-25-13-11(23)12(8(20)6(3-18)26-13)28-14-10(22)9(21)7(19)5(2-17)27-14/h5-15,17-24H,2-4H2,1H3/t5-,6-,7-,8-,9+,10-,11-,12+,13+,14+/m1/s1. The van der Waals surface area contributed by atoms with Gasteiger partial charge in [0.25, 0.3) is 0 Å². The van der Waals surface area contributed by atoms with Crippen LogP contribution < -0.4 is 5.43 Å². The van der Waals surface area contributed by atoms with E-state index in [2.05, 4.69) is 5.43 Å². The predicted molar refractivity (Wildman–Crippen MR) is 85.0 cm³/mol. The minimum Gasteiger partial charge on any atom is -0.394 e. The zero-order chi connectivity index (χ0) is 21.0. The predicted octanol–water partition coefficient (Wildman–Crippen LogP) is -5.59. The molecule has 2 fully saturated rings. The van der Waals surface area contributed by atoms with Crippen molar-refractivity contribution in [2.45, 2.75) is 61.4 Å². The van der Waals surface area contributed by atoms with E-state index in [0.29, 0.717) is 5.17 Å². The Kier molecular flexibility index (Phi) is 8.86. The number of nitrogens with zero attached hydrogens (tertiary/aromatic N) is 1. The first-order valence-corrected chi connectivity index (χ1v) is 8.57. The maximum absolute atomic E-state index is 10.4. The van der Waals surface area contributed by atoms with Gasteiger partial charge in [-0.1, -0.05) is 0 Å². The fourth-order valence-electron chi connectivity index (χ4n) is 2.90. The van der Waals surface area contributed by atoms with Crippen LogP contribution in [0.1, 0.15) is 0 Å². The van der Waals surface area contributed by atoms with Crippen LogP contribution in [0.2, 0.25) is 0 Å². The molecular weight excluding hydrogens is 388 g/mol. The Balaban J connectivity index is 2.09. The van der Waals surface area contributed by atoms with Gasteiger partial charge in [-0.15, -0.1) is 5.17 Å². The van der Waals surface area contributed by atoms with Gasteiger partial charge in [-0.3, -0.25) is 5.21 Å². The highest BCUT2D eigenvalue weighted by molar-refractivity contribution is 4.94. The molecule has 0 aliphatic carbocycles. The highest BCUT2D eigenvalue weighted by Gasteiger charge is 2.50. The van der Waals surface area contributed by atoms with E-state index in [1.165, 1.54) is 7.05 Å². The molecule has 0 saturated carbocycles. The molecule has 166 valence electrons. The summed E-state index contributed by atoms with van der Waals surface area (Å²) in [6.07, 6.45) is -15.3. The van der Waals surface area contributed by atoms with Gasteiger partial charge < -0.3 is 54.7 Å². The van der Waals surface area contributed by atoms with E-state index in [4.69, 9.17) is 24.2 Å². The van der Waals surface area contributed by atoms with E-state index in [1.807, 2.05) is 0 Å². The average molecular weight is 416 g/mol. The lowest BCUT2D eigenvalue weighted by Crippen LogP contribution is -2.65. The maximum atomic E-state index is 10.4. The van der Waals surface area contributed by atoms with Crippen molar-refractivity contribution in [2.75, 3.05) is 27.0 Å². The number of aliphatic hydroxyl groups is 7. The van der Waals surface area contributed by atoms with Crippen molar-refractivity contribution >= 4 is 0 Å². The third-order valence-corrected chi connectivity index (χ3v) is 4.50. The molecule has 0 spiro atoms. The second-order valence-electron chi connectivity index (χ2n) is 6.50. The van der Waals surface area contributed by atoms with Crippen LogP contribution in [0.3, 0.4) is 0 Å². The summed E-state index contributed by atoms with van der Waals surface area (Å²) in [6, 6.07) is 0. The highest BCUT2D eigenvalue weighted by atomic mass is 16.7. The smallest absolute Gasteiger partial charge is 0.188 e. The summed E-state index contributed by atoms with van der Waals surface area (Å²) in [6.45, 7) is -1.65. The van der Waals surface area contributed by atoms with Gasteiger partial charge in [0.05, 0.1) is 13.2 Å². The van der Waals surface area contributed by atoms with Gasteiger partial charge in [0, 0.05) is 7.05 Å². The number of nitrogens with one attached hydrogen (secondary N) is 1. The van der Waals surface area contributed by atoms with Crippen molar-refractivity contribution in [2.24, 2.45) is 0 Å². The molecule has 2 aliphatic rings. The molecule has 2 saturated heterocycles. The van der Waals surface area contributed by atoms with Crippen LogP contribution in [0, 0.1) is 0 Å². The lowest BCUT2D eigenvalue weighted by molar-refractivity contribution is -0.361. The average Bonchev–Trinajstić information content (AvgIpc) is 2.66. The van der Waals surface area contributed by atoms with Crippen molar-refractivity contribution in [1.29, 1.82) is 0 Å². The lowest BCUT2D eigenvalue weighted by Gasteiger charge is -2.45. The van der Waals surface area contributed by atoms with Crippen LogP contribution in [0.15, 0.2) is 0 Å². The Morgan fingerprint density at radius 2 is 1.39 bits per heavy atom. The molecule has 28 heavy (non-hydrogen) atoms. The molecule has 0 aromatic heterocycles. The van der Waals surface area contributed by atoms with Gasteiger partial charge in [-0.25, -0.2) is 5.43 Å². The van der Waals surface area contributed by atoms with E-state index in [1.54, 1.807) is 0 Å². The molecule has 2 rings (SSSR count). The minimum absolute atomic E-state index is 0.310. The first-order valence-electron chi connectivity index (χ1n) is 8.57. The second kappa shape index (κ2) is 10.5. The van der Waals surface area contributed by atoms with Crippen molar-refractivity contribution in [3.63, 3.8) is 0 Å². The van der Waals surface area contributed by atoms with E-state index in [9.17, 15) is 35.7 Å². The van der Waals surface area contributed by atoms with Crippen LogP contribution in [0.25, 0.3) is 0 Å². The maximum Gasteiger partial charge on any atom is 0.188 e. The van der Waals surface area contributed by atoms with Gasteiger partial charge in [0.1, 0.15) is 55.6 Å². The zero-order valence-electron chi connectivity index (χ0n) is 15.1. The molecule has 0 radical (unpaired) electrons. The van der Waals surface area contributed by atoms with Gasteiger partial charge in [0.2, 0.25) is 0 Å². The lowest BCUT2D eigenvalue weighted by atomic mass is 9.97. The summed E-state index contributed by atoms with van der Waals surface area (Å²) in [5, 5.41) is 78.6. The van der Waals surface area contributed by atoms with Crippen LogP contribution >= 0.6 is 0 Å². The Labute approximate surface area is 160 Å². The molecule has 10 atom stereocenters. The summed E-state index contributed by atoms with van der Waals surface area (Å²) in [5.41, 5.74) is 2.34. The Morgan fingerprint density at radius 3 is 1.96 bits per heavy atom. The zero-order valence-corrected chi connectivity index (χ0v) is 15.1. The third kappa shape index (κ3) is 5.32. The second-order valence-corrected chi connectivity index (χ2v) is 6.50. The normalized spacial score (nSPS) is 44.8. The largest absolute Gasteiger partial charge is 0.394 e. The quantitative estimate of drug-likeness (QED) is 0.133. The molecule has 0 amide bonds. The molecule has 14 nitrogen and oxygen atoms in total. The van der Waals surface area contributed by atoms with Crippen LogP contribution in [0.5, 0.6) is 0 Å². The van der Waals surface area contributed by atoms with Gasteiger partial charge >= 0.3 is 0 Å². The topological polar surface area (TPSA) is 214 Å². The summed E-state index contributed by atoms with van der Waals surface area (Å²) in [7, 11) is 1.27. The number of hydrogen-bond donors (Lipinski definition) is 9. The molecule has 9 N–H and O–H groups in total. The molecule has 14 heteroatoms. The summed E-state index contributed by atoms with van der Waals surface area (Å²) in [5.74, 6) is 0. The van der Waals surface area contributed by atoms with Crippen molar-refractivity contribution in [1.82, 2.24) is 10.6 Å². The first-order chi connectivity index (χ1) is 13.2. The molecule has 2 heterocycles. The van der Waals surface area contributed by atoms with E-state index in [0.717, 1.165) is 0 Å². The number of aliphatic hydroxyl groups excluding tert-OH is 7. The Morgan fingerprint density at radius 1 is 0.821 bits per heavy atom. The highest BCUT2D eigenvalue weighted by Crippen LogP contribution is 2.29. The summed E-state index contributed by atoms with van der Waals surface area (Å²) >= 11 is 0. The number of hydroxylamine groups is 1. The van der Waals surface area contributed by atoms with Gasteiger partial charge in [0.15, 0.2) is 12.6 Å². The number of rotatable bonds is 8. The molecular formula is C14H28N2O12. The van der Waals surface area contributed by atoms with E-state index < -0.39 is 74.6 Å². The number of ether oxygens (including phenoxy) is 4. The minimum atomic E-state index is -1.75. The first kappa shape index (κ1) is 23.7. The summed E-state index contributed by atoms with van der Waals surface area (Å²) < 4.78 is 21.0.